The van der Waals surface area contributed by atoms with Crippen LogP contribution < -0.4 is 10.6 Å². The molecule has 0 bridgehead atoms. The number of hydrogen-bond donors (Lipinski definition) is 4. The summed E-state index contributed by atoms with van der Waals surface area (Å²) in [6, 6.07) is 20.6. The molecule has 0 spiro atoms. The Morgan fingerprint density at radius 3 is 1.63 bits per heavy atom. The Balaban J connectivity index is 1.35. The summed E-state index contributed by atoms with van der Waals surface area (Å²) in [4.78, 5) is 38.6. The summed E-state index contributed by atoms with van der Waals surface area (Å²) < 4.78 is 109. The number of Topliss-reactive ketones (excluding diaryl/α,β-unsaturated/α-hetero) is 1. The molecule has 2 heterocycles. The van der Waals surface area contributed by atoms with Crippen molar-refractivity contribution in [1.82, 2.24) is 10.6 Å². The van der Waals surface area contributed by atoms with E-state index in [1.807, 2.05) is 0 Å². The second-order valence-electron chi connectivity index (χ2n) is 17.1. The van der Waals surface area contributed by atoms with Crippen molar-refractivity contribution in [3.05, 3.63) is 106 Å². The van der Waals surface area contributed by atoms with Gasteiger partial charge in [0.25, 0.3) is 0 Å². The average molecular weight is 887 g/mol. The van der Waals surface area contributed by atoms with Gasteiger partial charge in [-0.15, -0.1) is 0 Å². The Labute approximate surface area is 359 Å². The molecule has 4 N–H and O–H groups in total. The summed E-state index contributed by atoms with van der Waals surface area (Å²) >= 11 is 0. The van der Waals surface area contributed by atoms with Crippen LogP contribution in [0.25, 0.3) is 10.8 Å². The number of carbonyl (C=O) groups excluding carboxylic acids is 3. The van der Waals surface area contributed by atoms with E-state index in [2.05, 4.69) is 10.6 Å². The number of phenols is 2. The van der Waals surface area contributed by atoms with Gasteiger partial charge in [-0.25, -0.2) is 0 Å². The SMILES string of the molecule is C[C@@H]1O[C@H](c2cc([C@@H]3C[C@](C)(NC(=O)C(F)(F)F)[C@H](OCc4ccccc4)[C@H](C)O3)c3cc4c(c(O)c3c2O)C(=O)CCC4)C[C@](C)(NC(=O)C(F)(F)F)[C@@H]1OCc1ccccc1. The van der Waals surface area contributed by atoms with E-state index in [9.17, 15) is 50.9 Å². The maximum Gasteiger partial charge on any atom is 0.471 e. The van der Waals surface area contributed by atoms with Crippen LogP contribution in [-0.4, -0.2) is 75.7 Å². The van der Waals surface area contributed by atoms with Gasteiger partial charge in [0.05, 0.1) is 59.7 Å². The van der Waals surface area contributed by atoms with Crippen LogP contribution in [0.4, 0.5) is 26.3 Å². The zero-order valence-electron chi connectivity index (χ0n) is 34.9. The van der Waals surface area contributed by atoms with E-state index >= 15 is 0 Å². The van der Waals surface area contributed by atoms with Gasteiger partial charge >= 0.3 is 24.2 Å². The second-order valence-corrected chi connectivity index (χ2v) is 17.1. The summed E-state index contributed by atoms with van der Waals surface area (Å²) in [5, 5.41) is 28.3. The molecule has 4 aromatic rings. The fourth-order valence-corrected chi connectivity index (χ4v) is 9.46. The monoisotopic (exact) mass is 886 g/mol. The molecule has 2 amide bonds. The second kappa shape index (κ2) is 17.4. The molecule has 11 nitrogen and oxygen atoms in total. The van der Waals surface area contributed by atoms with E-state index in [0.29, 0.717) is 29.5 Å². The third-order valence-electron chi connectivity index (χ3n) is 12.3. The Bertz CT molecular complexity index is 2360. The highest BCUT2D eigenvalue weighted by Crippen LogP contribution is 2.52. The highest BCUT2D eigenvalue weighted by molar-refractivity contribution is 6.09. The largest absolute Gasteiger partial charge is 0.507 e. The molecule has 3 aliphatic rings. The highest BCUT2D eigenvalue weighted by atomic mass is 19.4. The number of aryl methyl sites for hydroxylation is 1. The van der Waals surface area contributed by atoms with Gasteiger partial charge in [0.15, 0.2) is 5.78 Å². The molecular weight excluding hydrogens is 838 g/mol. The van der Waals surface area contributed by atoms with Gasteiger partial charge in [-0.3, -0.25) is 14.4 Å². The van der Waals surface area contributed by atoms with Crippen LogP contribution in [0.3, 0.4) is 0 Å². The van der Waals surface area contributed by atoms with Crippen LogP contribution in [-0.2, 0) is 48.2 Å². The number of fused-ring (bicyclic) bond motifs is 2. The number of carbonyl (C=O) groups is 3. The predicted molar refractivity (Wildman–Crippen MR) is 216 cm³/mol. The number of rotatable bonds is 10. The normalized spacial score (nSPS) is 27.7. The lowest BCUT2D eigenvalue weighted by molar-refractivity contribution is -0.196. The Hall–Kier alpha value is -5.23. The van der Waals surface area contributed by atoms with Crippen molar-refractivity contribution in [2.45, 2.75) is 133 Å². The van der Waals surface area contributed by atoms with Gasteiger partial charge < -0.3 is 39.8 Å². The lowest BCUT2D eigenvalue weighted by Crippen LogP contribution is -2.64. The van der Waals surface area contributed by atoms with Gasteiger partial charge in [-0.2, -0.15) is 26.3 Å². The fraction of sp³-hybridized carbons (Fsp3) is 0.457. The molecule has 63 heavy (non-hydrogen) atoms. The minimum absolute atomic E-state index is 0.0312. The molecule has 0 saturated carbocycles. The highest BCUT2D eigenvalue weighted by Gasteiger charge is 2.54. The van der Waals surface area contributed by atoms with E-state index in [1.165, 1.54) is 26.8 Å². The van der Waals surface area contributed by atoms with Crippen LogP contribution >= 0.6 is 0 Å². The molecule has 2 aliphatic heterocycles. The van der Waals surface area contributed by atoms with E-state index in [-0.39, 0.29) is 53.5 Å². The zero-order valence-corrected chi connectivity index (χ0v) is 34.9. The zero-order chi connectivity index (χ0) is 45.6. The first kappa shape index (κ1) is 45.8. The number of nitrogens with one attached hydrogen (secondary N) is 2. The lowest BCUT2D eigenvalue weighted by Gasteiger charge is -2.49. The maximum atomic E-state index is 13.9. The van der Waals surface area contributed by atoms with Crippen LogP contribution in [0.1, 0.15) is 104 Å². The van der Waals surface area contributed by atoms with Gasteiger partial charge in [0.1, 0.15) is 23.7 Å². The fourth-order valence-electron chi connectivity index (χ4n) is 9.46. The Morgan fingerprint density at radius 2 is 1.17 bits per heavy atom. The van der Waals surface area contributed by atoms with Crippen LogP contribution in [0.15, 0.2) is 72.8 Å². The van der Waals surface area contributed by atoms with Crippen LogP contribution in [0.5, 0.6) is 11.5 Å². The minimum atomic E-state index is -5.29. The van der Waals surface area contributed by atoms with E-state index < -0.39 is 95.6 Å². The molecule has 0 aromatic heterocycles. The van der Waals surface area contributed by atoms with Gasteiger partial charge in [0.2, 0.25) is 0 Å². The summed E-state index contributed by atoms with van der Waals surface area (Å²) in [5.41, 5.74) is -1.64. The Kier molecular flexibility index (Phi) is 12.6. The standard InChI is InChI=1S/C46H48F6N2O9/c1-24-39(60-22-26-12-7-5-8-13-26)43(3,53-41(58)45(47,48)49)20-33(62-24)29-19-31(37(56)36-30(29)18-28-16-11-17-32(55)35(28)38(36)57)34-21-44(4,54-42(59)46(50,51)52)40(25(2)63-34)61-23-27-14-9-6-10-15-27/h5-10,12-15,18-19,24-25,33-34,39-40,56-57H,11,16-17,20-23H2,1-4H3,(H,53,58)(H,54,59)/t24-,25-,33-,34-,39+,40+,43-,44-/m0/s1. The van der Waals surface area contributed by atoms with Crippen molar-refractivity contribution in [2.24, 2.45) is 0 Å². The smallest absolute Gasteiger partial charge is 0.471 e. The number of benzene rings is 4. The van der Waals surface area contributed by atoms with E-state index in [1.54, 1.807) is 73.7 Å². The number of alkyl halides is 6. The number of ether oxygens (including phenoxy) is 4. The number of halogens is 6. The average Bonchev–Trinajstić information content (AvgIpc) is 3.20. The Morgan fingerprint density at radius 1 is 0.714 bits per heavy atom. The number of aromatic hydroxyl groups is 2. The van der Waals surface area contributed by atoms with Crippen molar-refractivity contribution < 1.29 is 69.9 Å². The predicted octanol–water partition coefficient (Wildman–Crippen LogP) is 8.52. The molecule has 338 valence electrons. The maximum absolute atomic E-state index is 13.9. The quantitative estimate of drug-likeness (QED) is 0.115. The summed E-state index contributed by atoms with van der Waals surface area (Å²) in [6.45, 7) is 5.75. The van der Waals surface area contributed by atoms with Gasteiger partial charge in [-0.05, 0) is 80.3 Å². The van der Waals surface area contributed by atoms with Crippen molar-refractivity contribution in [1.29, 1.82) is 0 Å². The van der Waals surface area contributed by atoms with Crippen LogP contribution in [0.2, 0.25) is 0 Å². The molecular formula is C46H48F6N2O9. The van der Waals surface area contributed by atoms with E-state index in [0.717, 1.165) is 0 Å². The van der Waals surface area contributed by atoms with Gasteiger partial charge in [-0.1, -0.05) is 60.7 Å². The summed E-state index contributed by atoms with van der Waals surface area (Å²) in [5.74, 6) is -6.02. The van der Waals surface area contributed by atoms with Gasteiger partial charge in [0, 0.05) is 24.8 Å². The van der Waals surface area contributed by atoms with Crippen molar-refractivity contribution in [3.63, 3.8) is 0 Å². The number of ketones is 1. The molecule has 0 unspecified atom stereocenters. The molecule has 7 rings (SSSR count). The number of amides is 2. The topological polar surface area (TPSA) is 153 Å². The summed E-state index contributed by atoms with van der Waals surface area (Å²) in [6.07, 6.45) is -17.2. The third-order valence-corrected chi connectivity index (χ3v) is 12.3. The first-order valence-electron chi connectivity index (χ1n) is 20.6. The lowest BCUT2D eigenvalue weighted by atomic mass is 9.77. The van der Waals surface area contributed by atoms with E-state index in [4.69, 9.17) is 18.9 Å². The minimum Gasteiger partial charge on any atom is -0.507 e. The number of phenolic OH excluding ortho intramolecular Hbond substituents is 2. The molecule has 17 heteroatoms. The third kappa shape index (κ3) is 9.38. The molecule has 2 saturated heterocycles. The molecule has 4 aromatic carbocycles. The molecule has 1 aliphatic carbocycles. The first-order valence-corrected chi connectivity index (χ1v) is 20.6. The first-order chi connectivity index (χ1) is 29.6. The number of hydrogen-bond acceptors (Lipinski definition) is 9. The molecule has 2 fully saturated rings. The van der Waals surface area contributed by atoms with Crippen molar-refractivity contribution >= 4 is 28.4 Å². The van der Waals surface area contributed by atoms with Crippen molar-refractivity contribution in [3.8, 4) is 11.5 Å². The summed E-state index contributed by atoms with van der Waals surface area (Å²) in [7, 11) is 0. The molecule has 0 radical (unpaired) electrons. The van der Waals surface area contributed by atoms with Crippen LogP contribution in [0, 0.1) is 0 Å². The molecule has 8 atom stereocenters. The van der Waals surface area contributed by atoms with Crippen molar-refractivity contribution in [2.75, 3.05) is 0 Å².